The molecule has 4 nitrogen and oxygen atoms in total. The fourth-order valence-electron chi connectivity index (χ4n) is 1.84. The summed E-state index contributed by atoms with van der Waals surface area (Å²) in [4.78, 5) is 1.98. The van der Waals surface area contributed by atoms with Crippen LogP contribution in [0.1, 0.15) is 5.56 Å². The maximum Gasteiger partial charge on any atom is 0.143 e. The van der Waals surface area contributed by atoms with Crippen molar-refractivity contribution in [3.05, 3.63) is 48.0 Å². The Morgan fingerprint density at radius 1 is 1.16 bits per heavy atom. The molecule has 19 heavy (non-hydrogen) atoms. The van der Waals surface area contributed by atoms with Crippen molar-refractivity contribution in [1.29, 1.82) is 5.26 Å². The Labute approximate surface area is 112 Å². The Morgan fingerprint density at radius 3 is 2.58 bits per heavy atom. The zero-order valence-corrected chi connectivity index (χ0v) is 10.9. The van der Waals surface area contributed by atoms with Crippen LogP contribution >= 0.6 is 0 Å². The smallest absolute Gasteiger partial charge is 0.143 e. The van der Waals surface area contributed by atoms with Crippen LogP contribution in [0, 0.1) is 11.3 Å². The predicted octanol–water partition coefficient (Wildman–Crippen LogP) is 2.92. The second-order valence-corrected chi connectivity index (χ2v) is 4.15. The Hall–Kier alpha value is -2.67. The first kappa shape index (κ1) is 12.8. The van der Waals surface area contributed by atoms with Gasteiger partial charge < -0.3 is 15.4 Å². The molecule has 0 aliphatic rings. The number of ether oxygens (including phenoxy) is 1. The molecule has 0 aromatic heterocycles. The van der Waals surface area contributed by atoms with Gasteiger partial charge in [-0.15, -0.1) is 0 Å². The van der Waals surface area contributed by atoms with E-state index in [9.17, 15) is 0 Å². The van der Waals surface area contributed by atoms with Gasteiger partial charge in [-0.3, -0.25) is 0 Å². The minimum Gasteiger partial charge on any atom is -0.495 e. The van der Waals surface area contributed by atoms with Crippen LogP contribution in [-0.2, 0) is 0 Å². The highest BCUT2D eigenvalue weighted by Crippen LogP contribution is 2.30. The van der Waals surface area contributed by atoms with Crippen LogP contribution in [0.3, 0.4) is 0 Å². The highest BCUT2D eigenvalue weighted by molar-refractivity contribution is 5.69. The largest absolute Gasteiger partial charge is 0.495 e. The number of rotatable bonds is 3. The summed E-state index contributed by atoms with van der Waals surface area (Å²) in [6.07, 6.45) is 0. The molecule has 0 saturated heterocycles. The molecule has 4 heteroatoms. The van der Waals surface area contributed by atoms with Crippen molar-refractivity contribution < 1.29 is 4.74 Å². The molecular formula is C15H15N3O. The maximum atomic E-state index is 8.93. The summed E-state index contributed by atoms with van der Waals surface area (Å²) in [7, 11) is 3.52. The Kier molecular flexibility index (Phi) is 3.58. The SMILES string of the molecule is COc1cc(N(C)c2cccc(C#N)c2)ccc1N. The van der Waals surface area contributed by atoms with Crippen LogP contribution in [0.4, 0.5) is 17.1 Å². The first-order valence-electron chi connectivity index (χ1n) is 5.83. The highest BCUT2D eigenvalue weighted by atomic mass is 16.5. The van der Waals surface area contributed by atoms with Crippen LogP contribution in [0.15, 0.2) is 42.5 Å². The maximum absolute atomic E-state index is 8.93. The van der Waals surface area contributed by atoms with E-state index in [1.165, 1.54) is 0 Å². The van der Waals surface area contributed by atoms with Crippen LogP contribution in [0.5, 0.6) is 5.75 Å². The van der Waals surface area contributed by atoms with Gasteiger partial charge in [-0.1, -0.05) is 6.07 Å². The molecule has 2 aromatic carbocycles. The van der Waals surface area contributed by atoms with Crippen LogP contribution in [-0.4, -0.2) is 14.2 Å². The lowest BCUT2D eigenvalue weighted by atomic mass is 10.2. The van der Waals surface area contributed by atoms with Gasteiger partial charge in [-0.2, -0.15) is 5.26 Å². The van der Waals surface area contributed by atoms with Gasteiger partial charge in [0.05, 0.1) is 24.4 Å². The molecule has 0 radical (unpaired) electrons. The van der Waals surface area contributed by atoms with Crippen LogP contribution < -0.4 is 15.4 Å². The number of benzene rings is 2. The van der Waals surface area contributed by atoms with Gasteiger partial charge in [0.25, 0.3) is 0 Å². The van der Waals surface area contributed by atoms with Crippen molar-refractivity contribution in [1.82, 2.24) is 0 Å². The van der Waals surface area contributed by atoms with Crippen molar-refractivity contribution in [2.45, 2.75) is 0 Å². The molecule has 2 aromatic rings. The van der Waals surface area contributed by atoms with Gasteiger partial charge in [0.2, 0.25) is 0 Å². The lowest BCUT2D eigenvalue weighted by Crippen LogP contribution is -2.10. The zero-order chi connectivity index (χ0) is 13.8. The third kappa shape index (κ3) is 2.61. The van der Waals surface area contributed by atoms with Crippen molar-refractivity contribution >= 4 is 17.1 Å². The molecule has 2 rings (SSSR count). The zero-order valence-electron chi connectivity index (χ0n) is 10.9. The van der Waals surface area contributed by atoms with E-state index >= 15 is 0 Å². The van der Waals surface area contributed by atoms with Gasteiger partial charge in [0, 0.05) is 24.5 Å². The summed E-state index contributed by atoms with van der Waals surface area (Å²) in [6.45, 7) is 0. The van der Waals surface area contributed by atoms with Crippen molar-refractivity contribution in [2.24, 2.45) is 0 Å². The van der Waals surface area contributed by atoms with E-state index in [2.05, 4.69) is 6.07 Å². The second kappa shape index (κ2) is 5.32. The van der Waals surface area contributed by atoms with Gasteiger partial charge >= 0.3 is 0 Å². The molecule has 2 N–H and O–H groups in total. The molecule has 0 aliphatic heterocycles. The van der Waals surface area contributed by atoms with Crippen LogP contribution in [0.2, 0.25) is 0 Å². The molecular weight excluding hydrogens is 238 g/mol. The monoisotopic (exact) mass is 253 g/mol. The quantitative estimate of drug-likeness (QED) is 0.854. The second-order valence-electron chi connectivity index (χ2n) is 4.15. The number of nitrogens with zero attached hydrogens (tertiary/aromatic N) is 2. The molecule has 0 spiro atoms. The number of nitriles is 1. The van der Waals surface area contributed by atoms with E-state index < -0.39 is 0 Å². The van der Waals surface area contributed by atoms with E-state index in [1.54, 1.807) is 19.2 Å². The third-order valence-corrected chi connectivity index (χ3v) is 2.97. The topological polar surface area (TPSA) is 62.3 Å². The Balaban J connectivity index is 2.38. The molecule has 0 atom stereocenters. The number of hydrogen-bond acceptors (Lipinski definition) is 4. The van der Waals surface area contributed by atoms with E-state index in [0.717, 1.165) is 11.4 Å². The van der Waals surface area contributed by atoms with Gasteiger partial charge in [-0.25, -0.2) is 0 Å². The number of nitrogens with two attached hydrogens (primary N) is 1. The van der Waals surface area contributed by atoms with Gasteiger partial charge in [-0.05, 0) is 30.3 Å². The van der Waals surface area contributed by atoms with E-state index in [4.69, 9.17) is 15.7 Å². The molecule has 0 aliphatic carbocycles. The molecule has 0 fully saturated rings. The number of nitrogen functional groups attached to an aromatic ring is 1. The normalized spacial score (nSPS) is 9.74. The first-order chi connectivity index (χ1) is 9.15. The van der Waals surface area contributed by atoms with Crippen molar-refractivity contribution in [3.63, 3.8) is 0 Å². The summed E-state index contributed by atoms with van der Waals surface area (Å²) in [5.41, 5.74) is 8.91. The Morgan fingerprint density at radius 2 is 1.89 bits per heavy atom. The van der Waals surface area contributed by atoms with Crippen molar-refractivity contribution in [3.8, 4) is 11.8 Å². The summed E-state index contributed by atoms with van der Waals surface area (Å²) >= 11 is 0. The summed E-state index contributed by atoms with van der Waals surface area (Å²) in [5, 5.41) is 8.93. The minimum atomic E-state index is 0.602. The lowest BCUT2D eigenvalue weighted by molar-refractivity contribution is 0.417. The van der Waals surface area contributed by atoms with Gasteiger partial charge in [0.15, 0.2) is 0 Å². The van der Waals surface area contributed by atoms with Crippen LogP contribution in [0.25, 0.3) is 0 Å². The molecule has 0 bridgehead atoms. The summed E-state index contributed by atoms with van der Waals surface area (Å²) in [5.74, 6) is 0.640. The standard InChI is InChI=1S/C15H15N3O/c1-18(12-5-3-4-11(8-12)10-16)13-6-7-14(17)15(9-13)19-2/h3-9H,17H2,1-2H3. The molecule has 0 saturated carbocycles. The average molecular weight is 253 g/mol. The van der Waals surface area contributed by atoms with Crippen molar-refractivity contribution in [2.75, 3.05) is 24.8 Å². The predicted molar refractivity (Wildman–Crippen MR) is 76.6 cm³/mol. The summed E-state index contributed by atoms with van der Waals surface area (Å²) < 4.78 is 5.21. The van der Waals surface area contributed by atoms with E-state index in [0.29, 0.717) is 17.0 Å². The molecule has 0 unspecified atom stereocenters. The molecule has 0 heterocycles. The van der Waals surface area contributed by atoms with E-state index in [1.807, 2.05) is 42.3 Å². The number of anilines is 3. The lowest BCUT2D eigenvalue weighted by Gasteiger charge is -2.20. The fourth-order valence-corrected chi connectivity index (χ4v) is 1.84. The summed E-state index contributed by atoms with van der Waals surface area (Å²) in [6, 6.07) is 15.1. The number of hydrogen-bond donors (Lipinski definition) is 1. The van der Waals surface area contributed by atoms with E-state index in [-0.39, 0.29) is 0 Å². The minimum absolute atomic E-state index is 0.602. The fraction of sp³-hybridized carbons (Fsp3) is 0.133. The third-order valence-electron chi connectivity index (χ3n) is 2.97. The first-order valence-corrected chi connectivity index (χ1v) is 5.83. The average Bonchev–Trinajstić information content (AvgIpc) is 2.47. The Bertz CT molecular complexity index is 632. The highest BCUT2D eigenvalue weighted by Gasteiger charge is 2.07. The number of methoxy groups -OCH3 is 1. The molecule has 96 valence electrons. The van der Waals surface area contributed by atoms with Gasteiger partial charge in [0.1, 0.15) is 5.75 Å². The molecule has 0 amide bonds.